The molecule has 0 fully saturated rings. The third-order valence-electron chi connectivity index (χ3n) is 4.69. The van der Waals surface area contributed by atoms with Crippen molar-refractivity contribution in [3.63, 3.8) is 0 Å². The molecule has 0 saturated carbocycles. The van der Waals surface area contributed by atoms with E-state index >= 15 is 0 Å². The van der Waals surface area contributed by atoms with Crippen molar-refractivity contribution >= 4 is 34.4 Å². The Balaban J connectivity index is 2.11. The van der Waals surface area contributed by atoms with E-state index in [1.165, 1.54) is 0 Å². The summed E-state index contributed by atoms with van der Waals surface area (Å²) in [6.07, 6.45) is 0.709. The second-order valence-corrected chi connectivity index (χ2v) is 8.34. The van der Waals surface area contributed by atoms with E-state index in [1.54, 1.807) is 6.07 Å². The molecule has 162 valence electrons. The SMILES string of the molecule is CC(C)C[C@@H](NC(=O)[C@@H](CC(C)C)NC(=O)Nc1cccc2ccccc12)C(=O)O. The number of carbonyl (C=O) groups is 3. The van der Waals surface area contributed by atoms with Gasteiger partial charge in [-0.05, 0) is 36.1 Å². The minimum absolute atomic E-state index is 0.109. The van der Waals surface area contributed by atoms with Crippen molar-refractivity contribution in [1.82, 2.24) is 10.6 Å². The molecule has 7 nitrogen and oxygen atoms in total. The molecule has 0 saturated heterocycles. The number of urea groups is 1. The van der Waals surface area contributed by atoms with Crippen molar-refractivity contribution in [3.8, 4) is 0 Å². The lowest BCUT2D eigenvalue weighted by atomic mass is 10.0. The molecule has 2 aromatic carbocycles. The van der Waals surface area contributed by atoms with E-state index in [9.17, 15) is 19.5 Å². The van der Waals surface area contributed by atoms with Gasteiger partial charge in [0.1, 0.15) is 12.1 Å². The van der Waals surface area contributed by atoms with Crippen LogP contribution in [0.5, 0.6) is 0 Å². The number of fused-ring (bicyclic) bond motifs is 1. The summed E-state index contributed by atoms with van der Waals surface area (Å²) in [5.74, 6) is -1.34. The molecule has 4 N–H and O–H groups in total. The van der Waals surface area contributed by atoms with E-state index in [0.717, 1.165) is 10.8 Å². The number of amides is 3. The molecule has 0 aliphatic rings. The Hall–Kier alpha value is -3.09. The van der Waals surface area contributed by atoms with Crippen molar-refractivity contribution in [3.05, 3.63) is 42.5 Å². The molecular formula is C23H31N3O4. The quantitative estimate of drug-likeness (QED) is 0.498. The number of rotatable bonds is 9. The molecule has 0 unspecified atom stereocenters. The number of carboxylic acids is 1. The maximum absolute atomic E-state index is 12.8. The number of hydrogen-bond donors (Lipinski definition) is 4. The largest absolute Gasteiger partial charge is 0.480 e. The van der Waals surface area contributed by atoms with Crippen molar-refractivity contribution in [1.29, 1.82) is 0 Å². The maximum atomic E-state index is 12.8. The fourth-order valence-corrected chi connectivity index (χ4v) is 3.32. The van der Waals surface area contributed by atoms with Gasteiger partial charge < -0.3 is 21.1 Å². The van der Waals surface area contributed by atoms with Gasteiger partial charge in [-0.2, -0.15) is 0 Å². The van der Waals surface area contributed by atoms with Crippen LogP contribution in [0, 0.1) is 11.8 Å². The number of anilines is 1. The molecule has 0 spiro atoms. The van der Waals surface area contributed by atoms with Gasteiger partial charge in [0.25, 0.3) is 0 Å². The third kappa shape index (κ3) is 6.76. The van der Waals surface area contributed by atoms with E-state index in [-0.39, 0.29) is 11.8 Å². The zero-order valence-corrected chi connectivity index (χ0v) is 17.9. The van der Waals surface area contributed by atoms with Crippen LogP contribution in [0.15, 0.2) is 42.5 Å². The zero-order valence-electron chi connectivity index (χ0n) is 17.9. The van der Waals surface area contributed by atoms with Gasteiger partial charge in [0.2, 0.25) is 5.91 Å². The van der Waals surface area contributed by atoms with E-state index in [1.807, 2.05) is 64.1 Å². The standard InChI is InChI=1S/C23H31N3O4/c1-14(2)12-19(21(27)24-20(22(28)29)13-15(3)4)26-23(30)25-18-11-7-9-16-8-5-6-10-17(16)18/h5-11,14-15,19-20H,12-13H2,1-4H3,(H,24,27)(H,28,29)(H2,25,26,30)/t19-,20-/m1/s1. The monoisotopic (exact) mass is 413 g/mol. The van der Waals surface area contributed by atoms with Gasteiger partial charge in [-0.1, -0.05) is 64.1 Å². The van der Waals surface area contributed by atoms with Gasteiger partial charge in [-0.15, -0.1) is 0 Å². The predicted octanol–water partition coefficient (Wildman–Crippen LogP) is 3.99. The number of carboxylic acid groups (broad SMARTS) is 1. The van der Waals surface area contributed by atoms with E-state index in [0.29, 0.717) is 18.5 Å². The maximum Gasteiger partial charge on any atom is 0.326 e. The van der Waals surface area contributed by atoms with Crippen LogP contribution in [0.3, 0.4) is 0 Å². The first-order chi connectivity index (χ1) is 14.2. The molecule has 7 heteroatoms. The Morgan fingerprint density at radius 3 is 2.07 bits per heavy atom. The smallest absolute Gasteiger partial charge is 0.326 e. The van der Waals surface area contributed by atoms with Gasteiger partial charge in [-0.25, -0.2) is 9.59 Å². The molecule has 0 radical (unpaired) electrons. The van der Waals surface area contributed by atoms with Gasteiger partial charge in [0.05, 0.1) is 5.69 Å². The first-order valence-corrected chi connectivity index (χ1v) is 10.3. The Morgan fingerprint density at radius 1 is 0.833 bits per heavy atom. The molecule has 3 amide bonds. The summed E-state index contributed by atoms with van der Waals surface area (Å²) < 4.78 is 0. The lowest BCUT2D eigenvalue weighted by molar-refractivity contribution is -0.142. The summed E-state index contributed by atoms with van der Waals surface area (Å²) in [7, 11) is 0. The van der Waals surface area contributed by atoms with Crippen LogP contribution in [-0.4, -0.2) is 35.1 Å². The molecule has 30 heavy (non-hydrogen) atoms. The lowest BCUT2D eigenvalue weighted by Gasteiger charge is -2.23. The van der Waals surface area contributed by atoms with Gasteiger partial charge in [0.15, 0.2) is 0 Å². The molecule has 0 aliphatic heterocycles. The summed E-state index contributed by atoms with van der Waals surface area (Å²) in [6.45, 7) is 7.66. The number of aliphatic carboxylic acids is 1. The molecule has 0 bridgehead atoms. The third-order valence-corrected chi connectivity index (χ3v) is 4.69. The van der Waals surface area contributed by atoms with E-state index < -0.39 is 30.0 Å². The van der Waals surface area contributed by atoms with Crippen molar-refractivity contribution in [2.75, 3.05) is 5.32 Å². The molecule has 2 aromatic rings. The highest BCUT2D eigenvalue weighted by Crippen LogP contribution is 2.22. The van der Waals surface area contributed by atoms with E-state index in [2.05, 4.69) is 16.0 Å². The average molecular weight is 414 g/mol. The number of nitrogens with one attached hydrogen (secondary N) is 3. The lowest BCUT2D eigenvalue weighted by Crippen LogP contribution is -2.53. The summed E-state index contributed by atoms with van der Waals surface area (Å²) in [5.41, 5.74) is 0.637. The Kier molecular flexibility index (Phi) is 8.21. The first-order valence-electron chi connectivity index (χ1n) is 10.3. The average Bonchev–Trinajstić information content (AvgIpc) is 2.66. The highest BCUT2D eigenvalue weighted by atomic mass is 16.4. The van der Waals surface area contributed by atoms with Crippen LogP contribution < -0.4 is 16.0 Å². The molecule has 2 rings (SSSR count). The predicted molar refractivity (Wildman–Crippen MR) is 118 cm³/mol. The van der Waals surface area contributed by atoms with Gasteiger partial charge in [0, 0.05) is 5.39 Å². The first kappa shape index (κ1) is 23.2. The van der Waals surface area contributed by atoms with Crippen LogP contribution in [-0.2, 0) is 9.59 Å². The molecule has 0 aliphatic carbocycles. The van der Waals surface area contributed by atoms with Crippen molar-refractivity contribution in [2.45, 2.75) is 52.6 Å². The highest BCUT2D eigenvalue weighted by Gasteiger charge is 2.27. The fourth-order valence-electron chi connectivity index (χ4n) is 3.32. The summed E-state index contributed by atoms with van der Waals surface area (Å²) in [6, 6.07) is 10.9. The molecule has 2 atom stereocenters. The summed E-state index contributed by atoms with van der Waals surface area (Å²) in [5, 5.41) is 19.4. The molecule has 0 aromatic heterocycles. The van der Waals surface area contributed by atoms with Crippen LogP contribution in [0.4, 0.5) is 10.5 Å². The van der Waals surface area contributed by atoms with Crippen molar-refractivity contribution < 1.29 is 19.5 Å². The Morgan fingerprint density at radius 2 is 1.43 bits per heavy atom. The van der Waals surface area contributed by atoms with Crippen molar-refractivity contribution in [2.24, 2.45) is 11.8 Å². The molecular weight excluding hydrogens is 382 g/mol. The summed E-state index contributed by atoms with van der Waals surface area (Å²) >= 11 is 0. The Labute approximate surface area is 177 Å². The van der Waals surface area contributed by atoms with Crippen LogP contribution in [0.2, 0.25) is 0 Å². The molecule has 0 heterocycles. The van der Waals surface area contributed by atoms with Crippen LogP contribution in [0.1, 0.15) is 40.5 Å². The topological polar surface area (TPSA) is 108 Å². The number of hydrogen-bond acceptors (Lipinski definition) is 3. The van der Waals surface area contributed by atoms with Gasteiger partial charge in [-0.3, -0.25) is 4.79 Å². The van der Waals surface area contributed by atoms with Crippen LogP contribution >= 0.6 is 0 Å². The highest BCUT2D eigenvalue weighted by molar-refractivity contribution is 6.02. The second kappa shape index (κ2) is 10.6. The van der Waals surface area contributed by atoms with Gasteiger partial charge >= 0.3 is 12.0 Å². The normalized spacial score (nSPS) is 13.1. The second-order valence-electron chi connectivity index (χ2n) is 8.34. The zero-order chi connectivity index (χ0) is 22.3. The minimum atomic E-state index is -1.08. The van der Waals surface area contributed by atoms with Crippen LogP contribution in [0.25, 0.3) is 10.8 Å². The number of benzene rings is 2. The van der Waals surface area contributed by atoms with E-state index in [4.69, 9.17) is 0 Å². The number of carbonyl (C=O) groups excluding carboxylic acids is 2. The Bertz CT molecular complexity index is 890. The fraction of sp³-hybridized carbons (Fsp3) is 0.435. The summed E-state index contributed by atoms with van der Waals surface area (Å²) in [4.78, 5) is 36.9. The minimum Gasteiger partial charge on any atom is -0.480 e.